The molecule has 0 bridgehead atoms. The highest BCUT2D eigenvalue weighted by molar-refractivity contribution is 6.51. The number of aromatic nitrogens is 1. The molecule has 3 aromatic rings. The number of pyridine rings is 1. The summed E-state index contributed by atoms with van der Waals surface area (Å²) in [5.74, 6) is -1.72. The third-order valence-corrected chi connectivity index (χ3v) is 5.51. The fraction of sp³-hybridized carbons (Fsp3) is 0.160. The topological polar surface area (TPSA) is 98.2 Å². The van der Waals surface area contributed by atoms with Crippen molar-refractivity contribution in [2.75, 3.05) is 26.2 Å². The molecule has 1 amide bonds. The Morgan fingerprint density at radius 2 is 1.53 bits per heavy atom. The number of aliphatic hydroxyl groups excluding tert-OH is 1. The lowest BCUT2D eigenvalue weighted by molar-refractivity contribution is -0.132. The van der Waals surface area contributed by atoms with E-state index in [1.54, 1.807) is 12.1 Å². The van der Waals surface area contributed by atoms with Gasteiger partial charge in [0, 0.05) is 23.6 Å². The summed E-state index contributed by atoms with van der Waals surface area (Å²) in [7, 11) is 4.33. The summed E-state index contributed by atoms with van der Waals surface area (Å²) in [6.45, 7) is 0. The lowest BCUT2D eigenvalue weighted by Crippen LogP contribution is -2.29. The zero-order valence-corrected chi connectivity index (χ0v) is 18.6. The zero-order valence-electron chi connectivity index (χ0n) is 18.6. The van der Waals surface area contributed by atoms with Gasteiger partial charge in [0.1, 0.15) is 11.6 Å². The number of ether oxygens (including phenoxy) is 3. The molecule has 0 saturated carbocycles. The van der Waals surface area contributed by atoms with Crippen LogP contribution in [-0.2, 0) is 9.59 Å². The predicted molar refractivity (Wildman–Crippen MR) is 122 cm³/mol. The van der Waals surface area contributed by atoms with E-state index in [1.807, 2.05) is 0 Å². The summed E-state index contributed by atoms with van der Waals surface area (Å²) in [5.41, 5.74) is 0.851. The van der Waals surface area contributed by atoms with Crippen molar-refractivity contribution in [1.29, 1.82) is 0 Å². The summed E-state index contributed by atoms with van der Waals surface area (Å²) in [6, 6.07) is 10.3. The summed E-state index contributed by atoms with van der Waals surface area (Å²) in [6.07, 6.45) is 2.92. The van der Waals surface area contributed by atoms with Gasteiger partial charge in [0.15, 0.2) is 11.5 Å². The number of aliphatic hydroxyl groups is 1. The molecule has 4 rings (SSSR count). The lowest BCUT2D eigenvalue weighted by atomic mass is 9.94. The average Bonchev–Trinajstić information content (AvgIpc) is 3.13. The summed E-state index contributed by atoms with van der Waals surface area (Å²) in [5, 5.41) is 11.1. The van der Waals surface area contributed by atoms with Gasteiger partial charge in [-0.3, -0.25) is 19.5 Å². The van der Waals surface area contributed by atoms with Gasteiger partial charge in [-0.15, -0.1) is 0 Å². The summed E-state index contributed by atoms with van der Waals surface area (Å²) >= 11 is 0. The predicted octanol–water partition coefficient (Wildman–Crippen LogP) is 3.87. The molecule has 9 heteroatoms. The van der Waals surface area contributed by atoms with E-state index in [1.165, 1.54) is 75.0 Å². The largest absolute Gasteiger partial charge is 0.507 e. The van der Waals surface area contributed by atoms with Crippen molar-refractivity contribution >= 4 is 23.1 Å². The first kappa shape index (κ1) is 22.8. The average molecular weight is 464 g/mol. The molecule has 0 aliphatic carbocycles. The molecule has 34 heavy (non-hydrogen) atoms. The molecule has 2 heterocycles. The maximum atomic E-state index is 13.6. The van der Waals surface area contributed by atoms with Crippen molar-refractivity contribution in [1.82, 2.24) is 4.98 Å². The van der Waals surface area contributed by atoms with Crippen LogP contribution in [0.2, 0.25) is 0 Å². The Morgan fingerprint density at radius 1 is 0.941 bits per heavy atom. The Morgan fingerprint density at radius 3 is 2.06 bits per heavy atom. The van der Waals surface area contributed by atoms with Crippen LogP contribution in [0.5, 0.6) is 17.2 Å². The van der Waals surface area contributed by atoms with Crippen molar-refractivity contribution in [2.24, 2.45) is 0 Å². The van der Waals surface area contributed by atoms with Gasteiger partial charge < -0.3 is 19.3 Å². The molecule has 1 atom stereocenters. The number of hydrogen-bond donors (Lipinski definition) is 1. The van der Waals surface area contributed by atoms with Crippen LogP contribution in [0.15, 0.2) is 66.5 Å². The van der Waals surface area contributed by atoms with Gasteiger partial charge in [-0.1, -0.05) is 0 Å². The van der Waals surface area contributed by atoms with Crippen LogP contribution in [0.1, 0.15) is 17.2 Å². The van der Waals surface area contributed by atoms with E-state index in [4.69, 9.17) is 14.2 Å². The van der Waals surface area contributed by atoms with Crippen LogP contribution < -0.4 is 19.1 Å². The fourth-order valence-corrected chi connectivity index (χ4v) is 3.94. The number of carbonyl (C=O) groups excluding carboxylic acids is 2. The third kappa shape index (κ3) is 3.81. The second kappa shape index (κ2) is 9.22. The van der Waals surface area contributed by atoms with E-state index in [-0.39, 0.29) is 17.0 Å². The number of anilines is 1. The molecule has 0 spiro atoms. The molecule has 1 saturated heterocycles. The Labute approximate surface area is 194 Å². The van der Waals surface area contributed by atoms with Crippen molar-refractivity contribution in [3.8, 4) is 17.2 Å². The molecular formula is C25H21FN2O6. The number of rotatable bonds is 6. The van der Waals surface area contributed by atoms with E-state index in [9.17, 15) is 19.1 Å². The van der Waals surface area contributed by atoms with E-state index >= 15 is 0 Å². The maximum Gasteiger partial charge on any atom is 0.300 e. The number of Topliss-reactive ketones (excluding diaryl/α,β-unsaturated/α-hetero) is 1. The molecule has 174 valence electrons. The van der Waals surface area contributed by atoms with E-state index in [0.717, 1.165) is 0 Å². The number of halogens is 1. The van der Waals surface area contributed by atoms with E-state index < -0.39 is 23.5 Å². The number of benzene rings is 2. The Kier molecular flexibility index (Phi) is 6.18. The van der Waals surface area contributed by atoms with Gasteiger partial charge in [-0.2, -0.15) is 0 Å². The smallest absolute Gasteiger partial charge is 0.300 e. The molecule has 1 fully saturated rings. The first-order valence-electron chi connectivity index (χ1n) is 10.2. The normalized spacial score (nSPS) is 17.1. The SMILES string of the molecule is COc1cc(C2/C(=C(\O)c3ccncc3)C(=O)C(=O)N2c2ccc(F)cc2)cc(OC)c1OC. The Bertz CT molecular complexity index is 1250. The second-order valence-electron chi connectivity index (χ2n) is 7.34. The molecule has 8 nitrogen and oxygen atoms in total. The van der Waals surface area contributed by atoms with Gasteiger partial charge in [0.2, 0.25) is 5.75 Å². The highest BCUT2D eigenvalue weighted by Crippen LogP contribution is 2.47. The zero-order chi connectivity index (χ0) is 24.4. The molecular weight excluding hydrogens is 443 g/mol. The second-order valence-corrected chi connectivity index (χ2v) is 7.34. The third-order valence-electron chi connectivity index (χ3n) is 5.51. The number of hydrogen-bond acceptors (Lipinski definition) is 7. The van der Waals surface area contributed by atoms with E-state index in [0.29, 0.717) is 28.4 Å². The lowest BCUT2D eigenvalue weighted by Gasteiger charge is -2.26. The van der Waals surface area contributed by atoms with Crippen LogP contribution in [0.3, 0.4) is 0 Å². The molecule has 1 aromatic heterocycles. The minimum Gasteiger partial charge on any atom is -0.507 e. The van der Waals surface area contributed by atoms with Crippen LogP contribution in [0.4, 0.5) is 10.1 Å². The minimum absolute atomic E-state index is 0.144. The highest BCUT2D eigenvalue weighted by atomic mass is 19.1. The van der Waals surface area contributed by atoms with Crippen molar-refractivity contribution in [3.63, 3.8) is 0 Å². The van der Waals surface area contributed by atoms with Crippen LogP contribution >= 0.6 is 0 Å². The number of nitrogens with zero attached hydrogens (tertiary/aromatic N) is 2. The van der Waals surface area contributed by atoms with Crippen LogP contribution in [0, 0.1) is 5.82 Å². The minimum atomic E-state index is -1.06. The van der Waals surface area contributed by atoms with Gasteiger partial charge in [-0.25, -0.2) is 4.39 Å². The van der Waals surface area contributed by atoms with Crippen LogP contribution in [0.25, 0.3) is 5.76 Å². The van der Waals surface area contributed by atoms with Crippen molar-refractivity contribution in [3.05, 3.63) is 83.4 Å². The quantitative estimate of drug-likeness (QED) is 0.336. The first-order chi connectivity index (χ1) is 16.4. The summed E-state index contributed by atoms with van der Waals surface area (Å²) in [4.78, 5) is 31.5. The first-order valence-corrected chi connectivity index (χ1v) is 10.2. The van der Waals surface area contributed by atoms with Gasteiger partial charge >= 0.3 is 0 Å². The monoisotopic (exact) mass is 464 g/mol. The van der Waals surface area contributed by atoms with Gasteiger partial charge in [0.25, 0.3) is 11.7 Å². The number of ketones is 1. The van der Waals surface area contributed by atoms with Gasteiger partial charge in [0.05, 0.1) is 32.9 Å². The van der Waals surface area contributed by atoms with Crippen molar-refractivity contribution in [2.45, 2.75) is 6.04 Å². The maximum absolute atomic E-state index is 13.6. The molecule has 0 radical (unpaired) electrons. The van der Waals surface area contributed by atoms with Gasteiger partial charge in [-0.05, 0) is 54.1 Å². The number of amides is 1. The van der Waals surface area contributed by atoms with Crippen LogP contribution in [-0.4, -0.2) is 43.1 Å². The highest BCUT2D eigenvalue weighted by Gasteiger charge is 2.47. The number of carbonyl (C=O) groups is 2. The Balaban J connectivity index is 2.01. The molecule has 2 aromatic carbocycles. The number of methoxy groups -OCH3 is 3. The molecule has 1 aliphatic heterocycles. The summed E-state index contributed by atoms with van der Waals surface area (Å²) < 4.78 is 29.9. The molecule has 1 N–H and O–H groups in total. The standard InChI is InChI=1S/C25H21FN2O6/c1-32-18-12-15(13-19(33-2)24(18)34-3)21-20(22(29)14-8-10-27-11-9-14)23(30)25(31)28(21)17-6-4-16(26)5-7-17/h4-13,21,29H,1-3H3/b22-20+. The van der Waals surface area contributed by atoms with E-state index in [2.05, 4.69) is 4.98 Å². The Hall–Kier alpha value is -4.40. The fourth-order valence-electron chi connectivity index (χ4n) is 3.94. The molecule has 1 unspecified atom stereocenters. The molecule has 1 aliphatic rings. The van der Waals surface area contributed by atoms with Crippen molar-refractivity contribution < 1.29 is 33.3 Å².